The molecule has 5 nitrogen and oxygen atoms in total. The number of nitrogens with one attached hydrogen (secondary N) is 1. The zero-order chi connectivity index (χ0) is 12.1. The van der Waals surface area contributed by atoms with Gasteiger partial charge in [-0.1, -0.05) is 20.8 Å². The summed E-state index contributed by atoms with van der Waals surface area (Å²) < 4.78 is 1.73. The first-order chi connectivity index (χ1) is 7.56. The van der Waals surface area contributed by atoms with Crippen LogP contribution in [0.4, 0.5) is 11.5 Å². The maximum Gasteiger partial charge on any atom is 0.147 e. The fraction of sp³-hybridized carbons (Fsp3) is 0.727. The van der Waals surface area contributed by atoms with Crippen LogP contribution in [-0.2, 0) is 6.54 Å². The van der Waals surface area contributed by atoms with E-state index in [-0.39, 0.29) is 5.92 Å². The summed E-state index contributed by atoms with van der Waals surface area (Å²) in [5.74, 6) is 1.02. The predicted octanol–water partition coefficient (Wildman–Crippen LogP) is 1.30. The average Bonchev–Trinajstić information content (AvgIpc) is 2.57. The Bertz CT molecular complexity index is 322. The van der Waals surface area contributed by atoms with Gasteiger partial charge >= 0.3 is 0 Å². The van der Waals surface area contributed by atoms with Crippen molar-refractivity contribution in [1.82, 2.24) is 9.78 Å². The van der Waals surface area contributed by atoms with Crippen molar-refractivity contribution in [3.05, 3.63) is 6.20 Å². The highest BCUT2D eigenvalue weighted by Crippen LogP contribution is 2.18. The van der Waals surface area contributed by atoms with Crippen molar-refractivity contribution < 1.29 is 5.11 Å². The topological polar surface area (TPSA) is 76.1 Å². The number of nitrogens with two attached hydrogens (primary N) is 1. The quantitative estimate of drug-likeness (QED) is 0.683. The van der Waals surface area contributed by atoms with Gasteiger partial charge in [0.1, 0.15) is 5.82 Å². The summed E-state index contributed by atoms with van der Waals surface area (Å²) >= 11 is 0. The molecule has 1 rings (SSSR count). The number of aliphatic hydroxyl groups excluding tert-OH is 1. The second-order valence-electron chi connectivity index (χ2n) is 4.37. The van der Waals surface area contributed by atoms with Gasteiger partial charge in [0.2, 0.25) is 0 Å². The second-order valence-corrected chi connectivity index (χ2v) is 4.37. The van der Waals surface area contributed by atoms with Crippen molar-refractivity contribution >= 4 is 11.5 Å². The van der Waals surface area contributed by atoms with E-state index in [0.29, 0.717) is 12.2 Å². The fourth-order valence-corrected chi connectivity index (χ4v) is 1.36. The lowest BCUT2D eigenvalue weighted by Crippen LogP contribution is -2.23. The molecule has 0 saturated carbocycles. The molecule has 1 heterocycles. The number of nitrogens with zero attached hydrogens (tertiary/aromatic N) is 2. The summed E-state index contributed by atoms with van der Waals surface area (Å²) in [7, 11) is 0. The lowest BCUT2D eigenvalue weighted by atomic mass is 10.1. The molecule has 0 fully saturated rings. The molecule has 0 radical (unpaired) electrons. The highest BCUT2D eigenvalue weighted by molar-refractivity contribution is 5.60. The molecule has 0 bridgehead atoms. The van der Waals surface area contributed by atoms with Gasteiger partial charge in [-0.3, -0.25) is 0 Å². The lowest BCUT2D eigenvalue weighted by Gasteiger charge is -2.16. The first-order valence-corrected chi connectivity index (χ1v) is 5.79. The standard InChI is InChI=1S/C11H22N4O/c1-4-5-13-11-9(12)6-14-15(11)7-10(16)8(2)3/h6,8,10,13,16H,4-5,7,12H2,1-3H3. The van der Waals surface area contributed by atoms with Crippen LogP contribution < -0.4 is 11.1 Å². The van der Waals surface area contributed by atoms with Gasteiger partial charge in [-0.2, -0.15) is 5.10 Å². The SMILES string of the molecule is CCCNc1c(N)cnn1CC(O)C(C)C. The normalized spacial score (nSPS) is 13.1. The Morgan fingerprint density at radius 1 is 1.56 bits per heavy atom. The van der Waals surface area contributed by atoms with E-state index >= 15 is 0 Å². The first kappa shape index (κ1) is 12.8. The van der Waals surface area contributed by atoms with Crippen LogP contribution in [0.1, 0.15) is 27.2 Å². The molecule has 1 unspecified atom stereocenters. The Morgan fingerprint density at radius 3 is 2.81 bits per heavy atom. The minimum atomic E-state index is -0.401. The molecule has 0 aliphatic heterocycles. The minimum Gasteiger partial charge on any atom is -0.394 e. The van der Waals surface area contributed by atoms with E-state index in [2.05, 4.69) is 17.3 Å². The molecule has 0 aliphatic carbocycles. The third-order valence-corrected chi connectivity index (χ3v) is 2.54. The van der Waals surface area contributed by atoms with Gasteiger partial charge in [0.15, 0.2) is 0 Å². The maximum atomic E-state index is 9.81. The fourth-order valence-electron chi connectivity index (χ4n) is 1.36. The average molecular weight is 226 g/mol. The number of aliphatic hydroxyl groups is 1. The number of aromatic nitrogens is 2. The number of nitrogen functional groups attached to an aromatic ring is 1. The van der Waals surface area contributed by atoms with Gasteiger partial charge in [0.05, 0.1) is 24.5 Å². The molecular formula is C11H22N4O. The molecule has 0 spiro atoms. The number of hydrogen-bond donors (Lipinski definition) is 3. The molecule has 0 saturated heterocycles. The Hall–Kier alpha value is -1.23. The number of rotatable bonds is 6. The van der Waals surface area contributed by atoms with Crippen molar-refractivity contribution in [2.75, 3.05) is 17.6 Å². The van der Waals surface area contributed by atoms with Crippen LogP contribution in [-0.4, -0.2) is 27.5 Å². The third kappa shape index (κ3) is 3.13. The van der Waals surface area contributed by atoms with E-state index < -0.39 is 6.10 Å². The molecule has 4 N–H and O–H groups in total. The molecule has 1 aromatic rings. The molecule has 0 amide bonds. The highest BCUT2D eigenvalue weighted by atomic mass is 16.3. The molecule has 1 atom stereocenters. The van der Waals surface area contributed by atoms with E-state index in [9.17, 15) is 5.11 Å². The first-order valence-electron chi connectivity index (χ1n) is 5.79. The van der Waals surface area contributed by atoms with Crippen molar-refractivity contribution in [3.8, 4) is 0 Å². The van der Waals surface area contributed by atoms with Gasteiger partial charge in [0, 0.05) is 6.54 Å². The maximum absolute atomic E-state index is 9.81. The molecule has 0 aliphatic rings. The predicted molar refractivity (Wildman–Crippen MR) is 66.3 cm³/mol. The van der Waals surface area contributed by atoms with Crippen LogP contribution in [0.5, 0.6) is 0 Å². The minimum absolute atomic E-state index is 0.212. The summed E-state index contributed by atoms with van der Waals surface area (Å²) in [6.07, 6.45) is 2.24. The van der Waals surface area contributed by atoms with Crippen LogP contribution in [0, 0.1) is 5.92 Å². The highest BCUT2D eigenvalue weighted by Gasteiger charge is 2.14. The lowest BCUT2D eigenvalue weighted by molar-refractivity contribution is 0.103. The molecule has 1 aromatic heterocycles. The van der Waals surface area contributed by atoms with E-state index in [0.717, 1.165) is 18.8 Å². The van der Waals surface area contributed by atoms with Gasteiger partial charge in [0.25, 0.3) is 0 Å². The molecular weight excluding hydrogens is 204 g/mol. The second kappa shape index (κ2) is 5.75. The Kier molecular flexibility index (Phi) is 4.61. The van der Waals surface area contributed by atoms with Crippen LogP contribution in [0.3, 0.4) is 0 Å². The van der Waals surface area contributed by atoms with Crippen LogP contribution in [0.15, 0.2) is 6.20 Å². The molecule has 5 heteroatoms. The van der Waals surface area contributed by atoms with E-state index in [1.54, 1.807) is 10.9 Å². The molecule has 92 valence electrons. The summed E-state index contributed by atoms with van der Waals surface area (Å²) in [6.45, 7) is 7.38. The monoisotopic (exact) mass is 226 g/mol. The zero-order valence-electron chi connectivity index (χ0n) is 10.3. The van der Waals surface area contributed by atoms with Crippen molar-refractivity contribution in [3.63, 3.8) is 0 Å². The van der Waals surface area contributed by atoms with Gasteiger partial charge in [-0.15, -0.1) is 0 Å². The van der Waals surface area contributed by atoms with Crippen LogP contribution in [0.25, 0.3) is 0 Å². The zero-order valence-corrected chi connectivity index (χ0v) is 10.3. The summed E-state index contributed by atoms with van der Waals surface area (Å²) in [5, 5.41) is 17.2. The molecule has 0 aromatic carbocycles. The van der Waals surface area contributed by atoms with Gasteiger partial charge in [-0.25, -0.2) is 4.68 Å². The van der Waals surface area contributed by atoms with Gasteiger partial charge < -0.3 is 16.2 Å². The Labute approximate surface area is 96.6 Å². The Balaban J connectivity index is 2.71. The third-order valence-electron chi connectivity index (χ3n) is 2.54. The van der Waals surface area contributed by atoms with E-state index in [4.69, 9.17) is 5.73 Å². The number of hydrogen-bond acceptors (Lipinski definition) is 4. The number of anilines is 2. The summed E-state index contributed by atoms with van der Waals surface area (Å²) in [5.41, 5.74) is 6.44. The molecule has 16 heavy (non-hydrogen) atoms. The van der Waals surface area contributed by atoms with Crippen molar-refractivity contribution in [1.29, 1.82) is 0 Å². The summed E-state index contributed by atoms with van der Waals surface area (Å²) in [4.78, 5) is 0. The largest absolute Gasteiger partial charge is 0.394 e. The van der Waals surface area contributed by atoms with Crippen LogP contribution in [0.2, 0.25) is 0 Å². The van der Waals surface area contributed by atoms with E-state index in [1.807, 2.05) is 13.8 Å². The summed E-state index contributed by atoms with van der Waals surface area (Å²) in [6, 6.07) is 0. The van der Waals surface area contributed by atoms with Crippen molar-refractivity contribution in [2.24, 2.45) is 5.92 Å². The van der Waals surface area contributed by atoms with E-state index in [1.165, 1.54) is 0 Å². The smallest absolute Gasteiger partial charge is 0.147 e. The van der Waals surface area contributed by atoms with Gasteiger partial charge in [-0.05, 0) is 12.3 Å². The van der Waals surface area contributed by atoms with Crippen molar-refractivity contribution in [2.45, 2.75) is 39.8 Å². The Morgan fingerprint density at radius 2 is 2.25 bits per heavy atom. The van der Waals surface area contributed by atoms with Crippen LogP contribution >= 0.6 is 0 Å².